The molecule has 1 aliphatic heterocycles. The van der Waals surface area contributed by atoms with Crippen molar-refractivity contribution in [3.05, 3.63) is 22.8 Å². The number of pyridine rings is 1. The molecule has 28 heavy (non-hydrogen) atoms. The summed E-state index contributed by atoms with van der Waals surface area (Å²) in [6, 6.07) is 1.08. The van der Waals surface area contributed by atoms with Crippen LogP contribution in [0.5, 0.6) is 0 Å². The standard InChI is InChI=1S/C17H24ClF3N4O.2ClH/c1-2-9-25(13-3-6-22-7-4-13)15(26)5-8-23-16-14(18)10-12(11-24-16)17(19,20)21;;/h10-11,13,22H,2-9H2,1H3,(H,23,24);2*1H. The number of nitrogens with zero attached hydrogens (tertiary/aromatic N) is 2. The number of hydrogen-bond acceptors (Lipinski definition) is 4. The van der Waals surface area contributed by atoms with Crippen LogP contribution in [0.2, 0.25) is 5.02 Å². The van der Waals surface area contributed by atoms with E-state index in [9.17, 15) is 18.0 Å². The second-order valence-electron chi connectivity index (χ2n) is 6.30. The highest BCUT2D eigenvalue weighted by molar-refractivity contribution is 6.32. The van der Waals surface area contributed by atoms with Crippen molar-refractivity contribution in [2.45, 2.75) is 44.8 Å². The lowest BCUT2D eigenvalue weighted by Gasteiger charge is -2.34. The topological polar surface area (TPSA) is 57.3 Å². The molecule has 0 aromatic carbocycles. The van der Waals surface area contributed by atoms with Crippen LogP contribution in [0.25, 0.3) is 0 Å². The van der Waals surface area contributed by atoms with Crippen LogP contribution in [0.4, 0.5) is 19.0 Å². The molecular weight excluding hydrogens is 440 g/mol. The molecule has 0 saturated carbocycles. The fraction of sp³-hybridized carbons (Fsp3) is 0.647. The normalized spacial score (nSPS) is 14.6. The second-order valence-corrected chi connectivity index (χ2v) is 6.70. The van der Waals surface area contributed by atoms with Crippen LogP contribution in [0, 0.1) is 0 Å². The SMILES string of the molecule is CCCN(C(=O)CCNc1ncc(C(F)(F)F)cc1Cl)C1CCNCC1.Cl.Cl. The fourth-order valence-corrected chi connectivity index (χ4v) is 3.26. The summed E-state index contributed by atoms with van der Waals surface area (Å²) in [5.41, 5.74) is -0.899. The fourth-order valence-electron chi connectivity index (χ4n) is 3.02. The first-order valence-electron chi connectivity index (χ1n) is 8.79. The summed E-state index contributed by atoms with van der Waals surface area (Å²) in [5.74, 6) is 0.186. The molecule has 2 N–H and O–H groups in total. The van der Waals surface area contributed by atoms with E-state index >= 15 is 0 Å². The Morgan fingerprint density at radius 3 is 2.54 bits per heavy atom. The molecule has 0 radical (unpaired) electrons. The maximum atomic E-state index is 12.6. The highest BCUT2D eigenvalue weighted by Crippen LogP contribution is 2.32. The Morgan fingerprint density at radius 1 is 1.36 bits per heavy atom. The summed E-state index contributed by atoms with van der Waals surface area (Å²) in [6.45, 7) is 4.82. The number of carbonyl (C=O) groups is 1. The van der Waals surface area contributed by atoms with E-state index in [2.05, 4.69) is 15.6 Å². The molecule has 1 aliphatic rings. The van der Waals surface area contributed by atoms with E-state index in [1.807, 2.05) is 11.8 Å². The van der Waals surface area contributed by atoms with E-state index < -0.39 is 11.7 Å². The van der Waals surface area contributed by atoms with E-state index in [4.69, 9.17) is 11.6 Å². The van der Waals surface area contributed by atoms with Crippen LogP contribution in [0.15, 0.2) is 12.3 Å². The zero-order valence-corrected chi connectivity index (χ0v) is 17.9. The van der Waals surface area contributed by atoms with Gasteiger partial charge in [-0.15, -0.1) is 24.8 Å². The third kappa shape index (κ3) is 7.81. The predicted molar refractivity (Wildman–Crippen MR) is 110 cm³/mol. The van der Waals surface area contributed by atoms with Crippen molar-refractivity contribution in [1.29, 1.82) is 0 Å². The number of hydrogen-bond donors (Lipinski definition) is 2. The molecule has 1 aromatic heterocycles. The maximum Gasteiger partial charge on any atom is 0.417 e. The average molecular weight is 466 g/mol. The van der Waals surface area contributed by atoms with Gasteiger partial charge in [-0.2, -0.15) is 13.2 Å². The quantitative estimate of drug-likeness (QED) is 0.627. The Labute approximate surface area is 180 Å². The molecule has 1 aromatic rings. The van der Waals surface area contributed by atoms with Crippen molar-refractivity contribution in [2.75, 3.05) is 31.5 Å². The van der Waals surface area contributed by atoms with Gasteiger partial charge in [0, 0.05) is 31.7 Å². The van der Waals surface area contributed by atoms with Crippen molar-refractivity contribution >= 4 is 48.1 Å². The smallest absolute Gasteiger partial charge is 0.368 e. The van der Waals surface area contributed by atoms with Gasteiger partial charge in [-0.05, 0) is 38.4 Å². The van der Waals surface area contributed by atoms with E-state index in [1.54, 1.807) is 0 Å². The average Bonchev–Trinajstić information content (AvgIpc) is 2.60. The van der Waals surface area contributed by atoms with Gasteiger partial charge >= 0.3 is 6.18 Å². The van der Waals surface area contributed by atoms with Crippen molar-refractivity contribution in [3.8, 4) is 0 Å². The largest absolute Gasteiger partial charge is 0.417 e. The van der Waals surface area contributed by atoms with Crippen LogP contribution in [-0.2, 0) is 11.0 Å². The van der Waals surface area contributed by atoms with Gasteiger partial charge in [0.15, 0.2) is 0 Å². The minimum Gasteiger partial charge on any atom is -0.368 e. The second kappa shape index (κ2) is 12.6. The van der Waals surface area contributed by atoms with E-state index in [0.717, 1.165) is 44.6 Å². The number of carbonyl (C=O) groups excluding carboxylic acids is 1. The number of alkyl halides is 3. The molecule has 0 atom stereocenters. The highest BCUT2D eigenvalue weighted by atomic mass is 35.5. The molecule has 1 fully saturated rings. The Balaban J connectivity index is 0.00000364. The van der Waals surface area contributed by atoms with Crippen molar-refractivity contribution in [3.63, 3.8) is 0 Å². The number of anilines is 1. The van der Waals surface area contributed by atoms with Gasteiger partial charge in [0.2, 0.25) is 5.91 Å². The van der Waals surface area contributed by atoms with Crippen LogP contribution < -0.4 is 10.6 Å². The van der Waals surface area contributed by atoms with Gasteiger partial charge < -0.3 is 15.5 Å². The summed E-state index contributed by atoms with van der Waals surface area (Å²) >= 11 is 5.86. The lowest BCUT2D eigenvalue weighted by molar-refractivity contribution is -0.137. The zero-order chi connectivity index (χ0) is 19.2. The van der Waals surface area contributed by atoms with Crippen molar-refractivity contribution < 1.29 is 18.0 Å². The minimum atomic E-state index is -4.49. The third-order valence-electron chi connectivity index (χ3n) is 4.33. The first kappa shape index (κ1) is 27.0. The Bertz CT molecular complexity index is 614. The van der Waals surface area contributed by atoms with Crippen molar-refractivity contribution in [1.82, 2.24) is 15.2 Å². The lowest BCUT2D eigenvalue weighted by atomic mass is 10.0. The summed E-state index contributed by atoms with van der Waals surface area (Å²) in [4.78, 5) is 18.2. The van der Waals surface area contributed by atoms with Gasteiger partial charge in [-0.25, -0.2) is 4.98 Å². The lowest BCUT2D eigenvalue weighted by Crippen LogP contribution is -2.46. The Hall–Kier alpha value is -0.960. The highest BCUT2D eigenvalue weighted by Gasteiger charge is 2.31. The van der Waals surface area contributed by atoms with Gasteiger partial charge in [-0.1, -0.05) is 18.5 Å². The number of rotatable bonds is 7. The van der Waals surface area contributed by atoms with Crippen LogP contribution in [0.3, 0.4) is 0 Å². The molecule has 11 heteroatoms. The molecule has 2 rings (SSSR count). The summed E-state index contributed by atoms with van der Waals surface area (Å²) in [5, 5.41) is 6.02. The summed E-state index contributed by atoms with van der Waals surface area (Å²) < 4.78 is 37.9. The van der Waals surface area contributed by atoms with E-state index in [1.165, 1.54) is 0 Å². The number of piperidine rings is 1. The maximum absolute atomic E-state index is 12.6. The van der Waals surface area contributed by atoms with Gasteiger partial charge in [0.1, 0.15) is 5.82 Å². The van der Waals surface area contributed by atoms with Gasteiger partial charge in [0.25, 0.3) is 0 Å². The minimum absolute atomic E-state index is 0. The van der Waals surface area contributed by atoms with Gasteiger partial charge in [-0.3, -0.25) is 4.79 Å². The molecule has 0 aliphatic carbocycles. The first-order valence-corrected chi connectivity index (χ1v) is 9.17. The third-order valence-corrected chi connectivity index (χ3v) is 4.62. The molecule has 0 bridgehead atoms. The number of halogens is 6. The number of aromatic nitrogens is 1. The van der Waals surface area contributed by atoms with Crippen LogP contribution in [-0.4, -0.2) is 48.0 Å². The van der Waals surface area contributed by atoms with Crippen LogP contribution >= 0.6 is 36.4 Å². The number of amides is 1. The van der Waals surface area contributed by atoms with Gasteiger partial charge in [0.05, 0.1) is 10.6 Å². The number of nitrogens with one attached hydrogen (secondary N) is 2. The molecule has 0 spiro atoms. The summed E-state index contributed by atoms with van der Waals surface area (Å²) in [7, 11) is 0. The molecular formula is C17H26Cl3F3N4O. The first-order chi connectivity index (χ1) is 12.3. The molecule has 1 saturated heterocycles. The van der Waals surface area contributed by atoms with Crippen LogP contribution in [0.1, 0.15) is 38.2 Å². The molecule has 0 unspecified atom stereocenters. The zero-order valence-electron chi connectivity index (χ0n) is 15.5. The molecule has 2 heterocycles. The molecule has 1 amide bonds. The summed E-state index contributed by atoms with van der Waals surface area (Å²) in [6.07, 6.45) is -0.760. The predicted octanol–water partition coefficient (Wildman–Crippen LogP) is 4.39. The molecule has 5 nitrogen and oxygen atoms in total. The van der Waals surface area contributed by atoms with E-state index in [-0.39, 0.29) is 60.6 Å². The van der Waals surface area contributed by atoms with E-state index in [0.29, 0.717) is 6.54 Å². The monoisotopic (exact) mass is 464 g/mol. The molecule has 162 valence electrons. The Kier molecular flexibility index (Phi) is 12.1. The Morgan fingerprint density at radius 2 is 2.00 bits per heavy atom. The van der Waals surface area contributed by atoms with Crippen molar-refractivity contribution in [2.24, 2.45) is 0 Å².